The number of nitrogens with one attached hydrogen (secondary N) is 1. The van der Waals surface area contributed by atoms with Crippen LogP contribution in [0.1, 0.15) is 38.2 Å². The van der Waals surface area contributed by atoms with Gasteiger partial charge in [-0.25, -0.2) is 4.39 Å². The third-order valence-corrected chi connectivity index (χ3v) is 5.67. The number of carbonyl (C=O) groups is 2. The number of likely N-dealkylation sites (tertiary alicyclic amines) is 1. The van der Waals surface area contributed by atoms with Gasteiger partial charge in [-0.3, -0.25) is 9.59 Å². The number of aliphatic hydroxyl groups is 1. The number of rotatable bonds is 6. The lowest BCUT2D eigenvalue weighted by Crippen LogP contribution is -2.66. The molecule has 0 radical (unpaired) electrons. The van der Waals surface area contributed by atoms with Gasteiger partial charge in [0.15, 0.2) is 0 Å². The Balaban J connectivity index is 1.75. The first-order valence-electron chi connectivity index (χ1n) is 9.57. The van der Waals surface area contributed by atoms with Crippen LogP contribution in [0, 0.1) is 11.2 Å². The highest BCUT2D eigenvalue weighted by atomic mass is 19.1. The molecule has 1 aromatic rings. The number of aliphatic hydroxyl groups excluding tert-OH is 1. The van der Waals surface area contributed by atoms with Crippen molar-refractivity contribution >= 4 is 11.8 Å². The molecule has 0 bridgehead atoms. The number of allylic oxidation sites excluding steroid dienone is 1. The number of hydrogen-bond donors (Lipinski definition) is 2. The van der Waals surface area contributed by atoms with Gasteiger partial charge in [-0.15, -0.1) is 0 Å². The fourth-order valence-electron chi connectivity index (χ4n) is 4.00. The zero-order valence-electron chi connectivity index (χ0n) is 15.7. The minimum atomic E-state index is -0.865. The Bertz CT molecular complexity index is 741. The van der Waals surface area contributed by atoms with Gasteiger partial charge in [-0.2, -0.15) is 0 Å². The van der Waals surface area contributed by atoms with Gasteiger partial charge in [-0.05, 0) is 50.7 Å². The summed E-state index contributed by atoms with van der Waals surface area (Å²) in [6, 6.07) is 6.35. The van der Waals surface area contributed by atoms with Gasteiger partial charge in [-0.1, -0.05) is 29.8 Å². The molecule has 1 saturated heterocycles. The summed E-state index contributed by atoms with van der Waals surface area (Å²) in [6.45, 7) is 1.78. The van der Waals surface area contributed by atoms with Crippen molar-refractivity contribution in [2.45, 2.75) is 45.1 Å². The summed E-state index contributed by atoms with van der Waals surface area (Å²) in [4.78, 5) is 26.3. The Hall–Kier alpha value is -2.21. The Labute approximate surface area is 159 Å². The molecule has 1 aliphatic heterocycles. The maximum atomic E-state index is 14.2. The lowest BCUT2D eigenvalue weighted by molar-refractivity contribution is -0.155. The Kier molecular flexibility index (Phi) is 5.95. The van der Waals surface area contributed by atoms with E-state index in [2.05, 4.69) is 11.4 Å². The number of nitrogens with zero attached hydrogens (tertiary/aromatic N) is 1. The first-order chi connectivity index (χ1) is 12.9. The predicted octanol–water partition coefficient (Wildman–Crippen LogP) is 2.19. The van der Waals surface area contributed by atoms with Gasteiger partial charge in [0.2, 0.25) is 11.8 Å². The number of hydrogen-bond acceptors (Lipinski definition) is 3. The van der Waals surface area contributed by atoms with E-state index in [4.69, 9.17) is 5.11 Å². The normalized spacial score (nSPS) is 19.7. The molecule has 0 aromatic heterocycles. The van der Waals surface area contributed by atoms with Crippen molar-refractivity contribution in [1.82, 2.24) is 10.2 Å². The van der Waals surface area contributed by atoms with Crippen LogP contribution < -0.4 is 5.32 Å². The molecule has 0 spiro atoms. The fourth-order valence-corrected chi connectivity index (χ4v) is 4.00. The highest BCUT2D eigenvalue weighted by molar-refractivity contribution is 5.88. The van der Waals surface area contributed by atoms with E-state index >= 15 is 0 Å². The number of amides is 2. The van der Waals surface area contributed by atoms with E-state index < -0.39 is 17.9 Å². The van der Waals surface area contributed by atoms with Gasteiger partial charge in [0.1, 0.15) is 12.4 Å². The maximum Gasteiger partial charge on any atom is 0.248 e. The van der Waals surface area contributed by atoms with Crippen LogP contribution in [-0.2, 0) is 16.0 Å². The molecule has 2 aliphatic rings. The van der Waals surface area contributed by atoms with Crippen LogP contribution >= 0.6 is 0 Å². The van der Waals surface area contributed by atoms with Crippen LogP contribution in [0.3, 0.4) is 0 Å². The van der Waals surface area contributed by atoms with Crippen molar-refractivity contribution in [2.24, 2.45) is 5.41 Å². The summed E-state index contributed by atoms with van der Waals surface area (Å²) in [5, 5.41) is 12.1. The zero-order valence-corrected chi connectivity index (χ0v) is 15.7. The molecule has 6 heteroatoms. The van der Waals surface area contributed by atoms with Crippen molar-refractivity contribution in [3.8, 4) is 0 Å². The summed E-state index contributed by atoms with van der Waals surface area (Å²) in [6.07, 6.45) is 6.75. The number of halogens is 1. The van der Waals surface area contributed by atoms with Gasteiger partial charge in [0.05, 0.1) is 5.41 Å². The summed E-state index contributed by atoms with van der Waals surface area (Å²) in [5.41, 5.74) is 0.836. The highest BCUT2D eigenvalue weighted by Crippen LogP contribution is 2.36. The standard InChI is InChI=1S/C21H27FN2O3/c1-15(16-7-3-2-4-8-16)23-20(27)21(13-24(14-21)19(26)12-25)11-17-9-5-6-10-18(17)22/h5-7,9-10,15,25H,2-4,8,11-14H2,1H3,(H,23,27). The van der Waals surface area contributed by atoms with Gasteiger partial charge in [0.25, 0.3) is 0 Å². The summed E-state index contributed by atoms with van der Waals surface area (Å²) < 4.78 is 14.2. The van der Waals surface area contributed by atoms with Crippen molar-refractivity contribution in [3.63, 3.8) is 0 Å². The molecule has 1 aromatic carbocycles. The van der Waals surface area contributed by atoms with E-state index in [1.807, 2.05) is 6.92 Å². The fraction of sp³-hybridized carbons (Fsp3) is 0.524. The second-order valence-electron chi connectivity index (χ2n) is 7.68. The Morgan fingerprint density at radius 1 is 1.30 bits per heavy atom. The average molecular weight is 374 g/mol. The summed E-state index contributed by atoms with van der Waals surface area (Å²) in [5.74, 6) is -0.915. The molecule has 2 amide bonds. The smallest absolute Gasteiger partial charge is 0.248 e. The molecule has 1 atom stereocenters. The second-order valence-corrected chi connectivity index (χ2v) is 7.68. The lowest BCUT2D eigenvalue weighted by Gasteiger charge is -2.49. The monoisotopic (exact) mass is 374 g/mol. The van der Waals surface area contributed by atoms with Crippen LogP contribution in [0.4, 0.5) is 4.39 Å². The largest absolute Gasteiger partial charge is 0.387 e. The average Bonchev–Trinajstić information content (AvgIpc) is 2.65. The minimum Gasteiger partial charge on any atom is -0.387 e. The van der Waals surface area contributed by atoms with Crippen molar-refractivity contribution in [2.75, 3.05) is 19.7 Å². The topological polar surface area (TPSA) is 69.6 Å². The second kappa shape index (κ2) is 8.21. The maximum absolute atomic E-state index is 14.2. The summed E-state index contributed by atoms with van der Waals surface area (Å²) in [7, 11) is 0. The third kappa shape index (κ3) is 4.21. The van der Waals surface area contributed by atoms with Crippen LogP contribution in [0.2, 0.25) is 0 Å². The minimum absolute atomic E-state index is 0.0714. The molecule has 2 N–H and O–H groups in total. The van der Waals surface area contributed by atoms with E-state index in [0.29, 0.717) is 5.56 Å². The number of carbonyl (C=O) groups excluding carboxylic acids is 2. The van der Waals surface area contributed by atoms with Crippen molar-refractivity contribution < 1.29 is 19.1 Å². The first-order valence-corrected chi connectivity index (χ1v) is 9.57. The highest BCUT2D eigenvalue weighted by Gasteiger charge is 2.51. The van der Waals surface area contributed by atoms with Crippen LogP contribution in [0.15, 0.2) is 35.9 Å². The Morgan fingerprint density at radius 3 is 2.67 bits per heavy atom. The van der Waals surface area contributed by atoms with Gasteiger partial charge >= 0.3 is 0 Å². The van der Waals surface area contributed by atoms with Crippen LogP contribution in [0.5, 0.6) is 0 Å². The van der Waals surface area contributed by atoms with Gasteiger partial charge < -0.3 is 15.3 Å². The molecule has 27 heavy (non-hydrogen) atoms. The van der Waals surface area contributed by atoms with Crippen LogP contribution in [0.25, 0.3) is 0 Å². The SMILES string of the molecule is CC(NC(=O)C1(Cc2ccccc2F)CN(C(=O)CO)C1)C1=CCCCC1. The van der Waals surface area contributed by atoms with Gasteiger partial charge in [0, 0.05) is 19.1 Å². The number of benzene rings is 1. The molecule has 146 valence electrons. The summed E-state index contributed by atoms with van der Waals surface area (Å²) >= 11 is 0. The van der Waals surface area contributed by atoms with E-state index in [1.54, 1.807) is 18.2 Å². The first kappa shape index (κ1) is 19.5. The van der Waals surface area contributed by atoms with Crippen molar-refractivity contribution in [1.29, 1.82) is 0 Å². The predicted molar refractivity (Wildman–Crippen MR) is 100 cm³/mol. The molecule has 1 unspecified atom stereocenters. The molecule has 1 aliphatic carbocycles. The van der Waals surface area contributed by atoms with E-state index in [1.165, 1.54) is 23.0 Å². The molecule has 3 rings (SSSR count). The van der Waals surface area contributed by atoms with Crippen molar-refractivity contribution in [3.05, 3.63) is 47.3 Å². The zero-order chi connectivity index (χ0) is 19.4. The molecular formula is C21H27FN2O3. The van der Waals surface area contributed by atoms with E-state index in [0.717, 1.165) is 19.3 Å². The lowest BCUT2D eigenvalue weighted by atomic mass is 9.73. The quantitative estimate of drug-likeness (QED) is 0.750. The van der Waals surface area contributed by atoms with E-state index in [9.17, 15) is 14.0 Å². The third-order valence-electron chi connectivity index (χ3n) is 5.67. The molecule has 1 fully saturated rings. The van der Waals surface area contributed by atoms with E-state index in [-0.39, 0.29) is 37.3 Å². The molecule has 5 nitrogen and oxygen atoms in total. The Morgan fingerprint density at radius 2 is 2.04 bits per heavy atom. The molecule has 0 saturated carbocycles. The molecule has 1 heterocycles. The molecular weight excluding hydrogens is 347 g/mol. The van der Waals surface area contributed by atoms with Crippen LogP contribution in [-0.4, -0.2) is 47.6 Å².